The van der Waals surface area contributed by atoms with Gasteiger partial charge in [0.1, 0.15) is 0 Å². The summed E-state index contributed by atoms with van der Waals surface area (Å²) >= 11 is 5.55. The van der Waals surface area contributed by atoms with Gasteiger partial charge in [-0.25, -0.2) is 8.42 Å². The molecule has 0 bridgehead atoms. The van der Waals surface area contributed by atoms with Gasteiger partial charge in [-0.1, -0.05) is 44.5 Å². The molecule has 1 N–H and O–H groups in total. The van der Waals surface area contributed by atoms with E-state index >= 15 is 0 Å². The van der Waals surface area contributed by atoms with Gasteiger partial charge in [0.15, 0.2) is 0 Å². The van der Waals surface area contributed by atoms with E-state index < -0.39 is 26.8 Å². The summed E-state index contributed by atoms with van der Waals surface area (Å²) < 4.78 is 65.8. The molecular weight excluding hydrogens is 387 g/mol. The fourth-order valence-corrected chi connectivity index (χ4v) is 3.58. The summed E-state index contributed by atoms with van der Waals surface area (Å²) in [6, 6.07) is 9.17. The minimum Gasteiger partial charge on any atom is -0.280 e. The number of sulfonamides is 1. The SMILES string of the molecule is CCC(C)(C)c1ccc(S(=O)(=O)Nc2ccc(Cl)c(C(F)(F)F)c2)cc1. The number of hydrogen-bond acceptors (Lipinski definition) is 2. The Morgan fingerprint density at radius 2 is 1.62 bits per heavy atom. The third kappa shape index (κ3) is 4.51. The van der Waals surface area contributed by atoms with Gasteiger partial charge in [0.25, 0.3) is 10.0 Å². The molecule has 142 valence electrons. The number of rotatable bonds is 5. The molecule has 0 aliphatic heterocycles. The molecule has 0 amide bonds. The first kappa shape index (κ1) is 20.6. The van der Waals surface area contributed by atoms with Gasteiger partial charge < -0.3 is 0 Å². The van der Waals surface area contributed by atoms with Crippen LogP contribution in [0.2, 0.25) is 5.02 Å². The smallest absolute Gasteiger partial charge is 0.280 e. The molecule has 0 saturated heterocycles. The molecule has 26 heavy (non-hydrogen) atoms. The van der Waals surface area contributed by atoms with Crippen LogP contribution in [0.1, 0.15) is 38.3 Å². The zero-order chi connectivity index (χ0) is 19.8. The number of benzene rings is 2. The summed E-state index contributed by atoms with van der Waals surface area (Å²) in [6.07, 6.45) is -3.80. The molecule has 3 nitrogen and oxygen atoms in total. The topological polar surface area (TPSA) is 46.2 Å². The zero-order valence-corrected chi connectivity index (χ0v) is 16.1. The lowest BCUT2D eigenvalue weighted by Gasteiger charge is -2.23. The van der Waals surface area contributed by atoms with Crippen LogP contribution in [-0.4, -0.2) is 8.42 Å². The summed E-state index contributed by atoms with van der Waals surface area (Å²) in [5, 5.41) is -0.494. The molecule has 2 aromatic rings. The van der Waals surface area contributed by atoms with Crippen LogP contribution in [0.3, 0.4) is 0 Å². The maximum Gasteiger partial charge on any atom is 0.417 e. The molecular formula is C18H19ClF3NO2S. The maximum absolute atomic E-state index is 12.9. The molecule has 0 aliphatic carbocycles. The van der Waals surface area contributed by atoms with E-state index in [1.54, 1.807) is 12.1 Å². The Balaban J connectivity index is 2.32. The number of nitrogens with one attached hydrogen (secondary N) is 1. The van der Waals surface area contributed by atoms with E-state index in [4.69, 9.17) is 11.6 Å². The Hall–Kier alpha value is -1.73. The molecule has 0 aromatic heterocycles. The fraction of sp³-hybridized carbons (Fsp3) is 0.333. The van der Waals surface area contributed by atoms with Crippen LogP contribution in [0.25, 0.3) is 0 Å². The molecule has 2 rings (SSSR count). The lowest BCUT2D eigenvalue weighted by Crippen LogP contribution is -2.17. The highest BCUT2D eigenvalue weighted by atomic mass is 35.5. The summed E-state index contributed by atoms with van der Waals surface area (Å²) in [4.78, 5) is -0.0309. The lowest BCUT2D eigenvalue weighted by molar-refractivity contribution is -0.137. The third-order valence-corrected chi connectivity index (χ3v) is 6.08. The largest absolute Gasteiger partial charge is 0.417 e. The normalized spacial score (nSPS) is 12.9. The standard InChI is InChI=1S/C18H19ClF3NO2S/c1-4-17(2,3)12-5-8-14(9-6-12)26(24,25)23-13-7-10-16(19)15(11-13)18(20,21)22/h5-11,23H,4H2,1-3H3. The number of halogens is 4. The van der Waals surface area contributed by atoms with Crippen LogP contribution in [0.4, 0.5) is 18.9 Å². The van der Waals surface area contributed by atoms with E-state index in [0.717, 1.165) is 18.1 Å². The van der Waals surface area contributed by atoms with E-state index in [1.165, 1.54) is 18.2 Å². The van der Waals surface area contributed by atoms with Gasteiger partial charge in [0.2, 0.25) is 0 Å². The first-order valence-electron chi connectivity index (χ1n) is 7.87. The molecule has 0 heterocycles. The molecule has 0 radical (unpaired) electrons. The molecule has 0 saturated carbocycles. The molecule has 0 aliphatic rings. The summed E-state index contributed by atoms with van der Waals surface area (Å²) in [6.45, 7) is 6.12. The number of anilines is 1. The quantitative estimate of drug-likeness (QED) is 0.678. The Morgan fingerprint density at radius 1 is 1.04 bits per heavy atom. The molecule has 0 fully saturated rings. The molecule has 0 unspecified atom stereocenters. The van der Waals surface area contributed by atoms with Crippen LogP contribution in [0.5, 0.6) is 0 Å². The van der Waals surface area contributed by atoms with Crippen LogP contribution < -0.4 is 4.72 Å². The predicted octanol–water partition coefficient (Wildman–Crippen LogP) is 5.85. The van der Waals surface area contributed by atoms with Gasteiger partial charge in [-0.2, -0.15) is 13.2 Å². The van der Waals surface area contributed by atoms with Gasteiger partial charge in [-0.15, -0.1) is 0 Å². The maximum atomic E-state index is 12.9. The van der Waals surface area contributed by atoms with E-state index in [1.807, 2.05) is 20.8 Å². The van der Waals surface area contributed by atoms with Crippen LogP contribution >= 0.6 is 11.6 Å². The second kappa shape index (κ2) is 7.12. The summed E-state index contributed by atoms with van der Waals surface area (Å²) in [5.41, 5.74) is -0.433. The molecule has 0 atom stereocenters. The van der Waals surface area contributed by atoms with E-state index in [9.17, 15) is 21.6 Å². The fourth-order valence-electron chi connectivity index (χ4n) is 2.31. The Kier molecular flexibility index (Phi) is 5.63. The first-order valence-corrected chi connectivity index (χ1v) is 9.73. The molecule has 2 aromatic carbocycles. The van der Waals surface area contributed by atoms with Crippen molar-refractivity contribution in [3.63, 3.8) is 0 Å². The predicted molar refractivity (Wildman–Crippen MR) is 97.0 cm³/mol. The van der Waals surface area contributed by atoms with Crippen LogP contribution in [0.15, 0.2) is 47.4 Å². The van der Waals surface area contributed by atoms with Crippen molar-refractivity contribution in [1.82, 2.24) is 0 Å². The second-order valence-electron chi connectivity index (χ2n) is 6.56. The Bertz CT molecular complexity index is 892. The average Bonchev–Trinajstić information content (AvgIpc) is 2.55. The molecule has 8 heteroatoms. The summed E-state index contributed by atoms with van der Waals surface area (Å²) in [7, 11) is -4.02. The van der Waals surface area contributed by atoms with Crippen molar-refractivity contribution >= 4 is 27.3 Å². The molecule has 0 spiro atoms. The van der Waals surface area contributed by atoms with Crippen molar-refractivity contribution in [3.8, 4) is 0 Å². The Morgan fingerprint density at radius 3 is 2.12 bits per heavy atom. The highest BCUT2D eigenvalue weighted by Crippen LogP contribution is 2.36. The van der Waals surface area contributed by atoms with Gasteiger partial charge in [0.05, 0.1) is 15.5 Å². The van der Waals surface area contributed by atoms with Gasteiger partial charge in [-0.05, 0) is 47.7 Å². The second-order valence-corrected chi connectivity index (χ2v) is 8.65. The van der Waals surface area contributed by atoms with Crippen molar-refractivity contribution in [2.75, 3.05) is 4.72 Å². The van der Waals surface area contributed by atoms with Crippen molar-refractivity contribution in [3.05, 3.63) is 58.6 Å². The highest BCUT2D eigenvalue weighted by molar-refractivity contribution is 7.92. The van der Waals surface area contributed by atoms with Crippen LogP contribution in [-0.2, 0) is 21.6 Å². The summed E-state index contributed by atoms with van der Waals surface area (Å²) in [5.74, 6) is 0. The monoisotopic (exact) mass is 405 g/mol. The lowest BCUT2D eigenvalue weighted by atomic mass is 9.82. The third-order valence-electron chi connectivity index (χ3n) is 4.35. The van der Waals surface area contributed by atoms with Crippen molar-refractivity contribution in [1.29, 1.82) is 0 Å². The zero-order valence-electron chi connectivity index (χ0n) is 14.5. The van der Waals surface area contributed by atoms with Gasteiger partial charge in [0, 0.05) is 5.69 Å². The van der Waals surface area contributed by atoms with E-state index in [0.29, 0.717) is 6.07 Å². The highest BCUT2D eigenvalue weighted by Gasteiger charge is 2.33. The first-order chi connectivity index (χ1) is 11.9. The van der Waals surface area contributed by atoms with Crippen molar-refractivity contribution < 1.29 is 21.6 Å². The Labute approximate surface area is 156 Å². The van der Waals surface area contributed by atoms with Crippen molar-refractivity contribution in [2.45, 2.75) is 43.7 Å². The van der Waals surface area contributed by atoms with Gasteiger partial charge in [-0.3, -0.25) is 4.72 Å². The van der Waals surface area contributed by atoms with E-state index in [2.05, 4.69) is 4.72 Å². The van der Waals surface area contributed by atoms with E-state index in [-0.39, 0.29) is 16.0 Å². The minimum absolute atomic E-state index is 0.0309. The average molecular weight is 406 g/mol. The number of hydrogen-bond donors (Lipinski definition) is 1. The van der Waals surface area contributed by atoms with Crippen LogP contribution in [0, 0.1) is 0 Å². The minimum atomic E-state index is -4.67. The van der Waals surface area contributed by atoms with Gasteiger partial charge >= 0.3 is 6.18 Å². The number of alkyl halides is 3. The van der Waals surface area contributed by atoms with Crippen molar-refractivity contribution in [2.24, 2.45) is 0 Å².